The SMILES string of the molecule is CCC(C)(C)[C@@H](O)C(=O)NCCC=O. The lowest BCUT2D eigenvalue weighted by Gasteiger charge is -2.27. The van der Waals surface area contributed by atoms with Crippen LogP contribution in [0, 0.1) is 5.41 Å². The molecule has 0 radical (unpaired) electrons. The molecule has 0 aromatic rings. The van der Waals surface area contributed by atoms with E-state index in [0.717, 1.165) is 12.7 Å². The Morgan fingerprint density at radius 1 is 1.57 bits per heavy atom. The highest BCUT2D eigenvalue weighted by atomic mass is 16.3. The van der Waals surface area contributed by atoms with E-state index in [4.69, 9.17) is 0 Å². The van der Waals surface area contributed by atoms with Gasteiger partial charge in [-0.2, -0.15) is 0 Å². The van der Waals surface area contributed by atoms with Crippen LogP contribution in [-0.4, -0.2) is 29.9 Å². The van der Waals surface area contributed by atoms with Gasteiger partial charge in [0.15, 0.2) is 0 Å². The number of aldehydes is 1. The van der Waals surface area contributed by atoms with Gasteiger partial charge in [0.2, 0.25) is 5.91 Å². The van der Waals surface area contributed by atoms with Gasteiger partial charge < -0.3 is 15.2 Å². The molecule has 0 saturated heterocycles. The lowest BCUT2D eigenvalue weighted by atomic mass is 9.83. The van der Waals surface area contributed by atoms with E-state index >= 15 is 0 Å². The Bertz CT molecular complexity index is 202. The molecule has 14 heavy (non-hydrogen) atoms. The number of carbonyl (C=O) groups is 2. The normalized spacial score (nSPS) is 13.4. The molecule has 0 unspecified atom stereocenters. The number of rotatable bonds is 6. The van der Waals surface area contributed by atoms with Crippen molar-refractivity contribution in [2.24, 2.45) is 5.41 Å². The van der Waals surface area contributed by atoms with E-state index in [-0.39, 0.29) is 6.42 Å². The van der Waals surface area contributed by atoms with Crippen molar-refractivity contribution in [2.75, 3.05) is 6.54 Å². The highest BCUT2D eigenvalue weighted by Gasteiger charge is 2.31. The highest BCUT2D eigenvalue weighted by Crippen LogP contribution is 2.24. The van der Waals surface area contributed by atoms with E-state index in [1.165, 1.54) is 0 Å². The summed E-state index contributed by atoms with van der Waals surface area (Å²) in [6.45, 7) is 5.87. The zero-order valence-corrected chi connectivity index (χ0v) is 9.04. The summed E-state index contributed by atoms with van der Waals surface area (Å²) >= 11 is 0. The van der Waals surface area contributed by atoms with Crippen LogP contribution in [0.25, 0.3) is 0 Å². The van der Waals surface area contributed by atoms with E-state index in [1.807, 2.05) is 20.8 Å². The van der Waals surface area contributed by atoms with Gasteiger partial charge in [-0.25, -0.2) is 0 Å². The van der Waals surface area contributed by atoms with Crippen molar-refractivity contribution in [3.8, 4) is 0 Å². The summed E-state index contributed by atoms with van der Waals surface area (Å²) in [5.41, 5.74) is -0.425. The van der Waals surface area contributed by atoms with Gasteiger partial charge in [-0.3, -0.25) is 4.79 Å². The van der Waals surface area contributed by atoms with E-state index in [1.54, 1.807) is 0 Å². The van der Waals surface area contributed by atoms with Crippen molar-refractivity contribution in [2.45, 2.75) is 39.7 Å². The van der Waals surface area contributed by atoms with Crippen molar-refractivity contribution in [1.82, 2.24) is 5.32 Å². The Hall–Kier alpha value is -0.900. The number of hydrogen-bond acceptors (Lipinski definition) is 3. The standard InChI is InChI=1S/C10H19NO3/c1-4-10(2,3)8(13)9(14)11-6-5-7-12/h7-8,13H,4-6H2,1-3H3,(H,11,14)/t8-/m0/s1. The lowest BCUT2D eigenvalue weighted by molar-refractivity contribution is -0.135. The maximum atomic E-state index is 11.3. The minimum Gasteiger partial charge on any atom is -0.383 e. The molecule has 0 fully saturated rings. The maximum absolute atomic E-state index is 11.3. The van der Waals surface area contributed by atoms with E-state index in [9.17, 15) is 14.7 Å². The summed E-state index contributed by atoms with van der Waals surface area (Å²) in [6.07, 6.45) is 0.719. The highest BCUT2D eigenvalue weighted by molar-refractivity contribution is 5.81. The van der Waals surface area contributed by atoms with E-state index < -0.39 is 17.4 Å². The van der Waals surface area contributed by atoms with Gasteiger partial charge in [-0.05, 0) is 11.8 Å². The fourth-order valence-electron chi connectivity index (χ4n) is 0.899. The average Bonchev–Trinajstić information content (AvgIpc) is 2.17. The fourth-order valence-corrected chi connectivity index (χ4v) is 0.899. The zero-order valence-electron chi connectivity index (χ0n) is 9.04. The minimum atomic E-state index is -1.01. The molecule has 4 heteroatoms. The van der Waals surface area contributed by atoms with Crippen LogP contribution < -0.4 is 5.32 Å². The summed E-state index contributed by atoms with van der Waals surface area (Å²) in [5.74, 6) is -0.404. The van der Waals surface area contributed by atoms with Crippen LogP contribution in [0.5, 0.6) is 0 Å². The molecular formula is C10H19NO3. The van der Waals surface area contributed by atoms with E-state index in [0.29, 0.717) is 6.54 Å². The molecule has 0 bridgehead atoms. The van der Waals surface area contributed by atoms with E-state index in [2.05, 4.69) is 5.32 Å². The Balaban J connectivity index is 4.05. The number of amides is 1. The van der Waals surface area contributed by atoms with Gasteiger partial charge in [0.05, 0.1) is 0 Å². The molecule has 0 aliphatic carbocycles. The van der Waals surface area contributed by atoms with Crippen LogP contribution in [0.2, 0.25) is 0 Å². The third-order valence-electron chi connectivity index (χ3n) is 2.46. The second-order valence-electron chi connectivity index (χ2n) is 3.99. The summed E-state index contributed by atoms with van der Waals surface area (Å²) in [6, 6.07) is 0. The van der Waals surface area contributed by atoms with Crippen molar-refractivity contribution < 1.29 is 14.7 Å². The first-order chi connectivity index (χ1) is 6.45. The number of nitrogens with one attached hydrogen (secondary N) is 1. The number of carbonyl (C=O) groups excluding carboxylic acids is 2. The predicted octanol–water partition coefficient (Wildman–Crippen LogP) is 0.489. The van der Waals surface area contributed by atoms with Crippen LogP contribution >= 0.6 is 0 Å². The molecule has 1 amide bonds. The summed E-state index contributed by atoms with van der Waals surface area (Å²) < 4.78 is 0. The van der Waals surface area contributed by atoms with Crippen molar-refractivity contribution in [3.63, 3.8) is 0 Å². The third kappa shape index (κ3) is 3.87. The zero-order chi connectivity index (χ0) is 11.2. The van der Waals surface area contributed by atoms with Crippen LogP contribution in [0.4, 0.5) is 0 Å². The molecule has 0 saturated carbocycles. The summed E-state index contributed by atoms with van der Waals surface area (Å²) in [5, 5.41) is 12.1. The van der Waals surface area contributed by atoms with Crippen molar-refractivity contribution in [1.29, 1.82) is 0 Å². The molecule has 0 aromatic heterocycles. The first-order valence-corrected chi connectivity index (χ1v) is 4.85. The molecular weight excluding hydrogens is 182 g/mol. The monoisotopic (exact) mass is 201 g/mol. The molecule has 0 aliphatic rings. The molecule has 0 aliphatic heterocycles. The lowest BCUT2D eigenvalue weighted by Crippen LogP contribution is -2.43. The summed E-state index contributed by atoms with van der Waals surface area (Å²) in [4.78, 5) is 21.3. The number of aliphatic hydroxyl groups is 1. The van der Waals surface area contributed by atoms with Crippen LogP contribution in [-0.2, 0) is 9.59 Å². The Labute approximate surface area is 84.7 Å². The fraction of sp³-hybridized carbons (Fsp3) is 0.800. The second-order valence-corrected chi connectivity index (χ2v) is 3.99. The van der Waals surface area contributed by atoms with Crippen molar-refractivity contribution >= 4 is 12.2 Å². The van der Waals surface area contributed by atoms with Gasteiger partial charge in [0.25, 0.3) is 0 Å². The molecule has 0 spiro atoms. The van der Waals surface area contributed by atoms with Gasteiger partial charge in [0.1, 0.15) is 12.4 Å². The van der Waals surface area contributed by atoms with Gasteiger partial charge >= 0.3 is 0 Å². The largest absolute Gasteiger partial charge is 0.383 e. The van der Waals surface area contributed by atoms with Gasteiger partial charge in [0, 0.05) is 13.0 Å². The summed E-state index contributed by atoms with van der Waals surface area (Å²) in [7, 11) is 0. The Morgan fingerprint density at radius 2 is 2.14 bits per heavy atom. The Morgan fingerprint density at radius 3 is 2.57 bits per heavy atom. The van der Waals surface area contributed by atoms with Crippen molar-refractivity contribution in [3.05, 3.63) is 0 Å². The second kappa shape index (κ2) is 5.75. The van der Waals surface area contributed by atoms with Crippen LogP contribution in [0.15, 0.2) is 0 Å². The predicted molar refractivity (Wildman–Crippen MR) is 53.8 cm³/mol. The molecule has 1 atom stereocenters. The van der Waals surface area contributed by atoms with Gasteiger partial charge in [-0.1, -0.05) is 20.8 Å². The minimum absolute atomic E-state index is 0.283. The molecule has 0 aromatic carbocycles. The van der Waals surface area contributed by atoms with Crippen LogP contribution in [0.1, 0.15) is 33.6 Å². The smallest absolute Gasteiger partial charge is 0.249 e. The first-order valence-electron chi connectivity index (χ1n) is 4.85. The maximum Gasteiger partial charge on any atom is 0.249 e. The average molecular weight is 201 g/mol. The number of aliphatic hydroxyl groups excluding tert-OH is 1. The molecule has 0 heterocycles. The molecule has 4 nitrogen and oxygen atoms in total. The quantitative estimate of drug-likeness (QED) is 0.485. The topological polar surface area (TPSA) is 66.4 Å². The first kappa shape index (κ1) is 13.1. The van der Waals surface area contributed by atoms with Crippen LogP contribution in [0.3, 0.4) is 0 Å². The molecule has 2 N–H and O–H groups in total. The Kier molecular flexibility index (Phi) is 5.38. The van der Waals surface area contributed by atoms with Gasteiger partial charge in [-0.15, -0.1) is 0 Å². The molecule has 82 valence electrons. The number of hydrogen-bond donors (Lipinski definition) is 2. The molecule has 0 rings (SSSR count). The third-order valence-corrected chi connectivity index (χ3v) is 2.46.